The second-order valence-corrected chi connectivity index (χ2v) is 28.0. The lowest BCUT2D eigenvalue weighted by molar-refractivity contribution is 1.07. The average molecular weight is 1390 g/mol. The van der Waals surface area contributed by atoms with E-state index < -0.39 is 0 Å². The molecular weight excluding hydrogens is 1330 g/mol. The maximum atomic E-state index is 5.04. The Kier molecular flexibility index (Phi) is 16.4. The van der Waals surface area contributed by atoms with Crippen LogP contribution in [-0.4, -0.2) is 49.8 Å². The highest BCUT2D eigenvalue weighted by molar-refractivity contribution is 7.25. The van der Waals surface area contributed by atoms with Crippen LogP contribution in [-0.2, 0) is 0 Å². The summed E-state index contributed by atoms with van der Waals surface area (Å²) in [7, 11) is 0. The Hall–Kier alpha value is -13.8. The first kappa shape index (κ1) is 63.2. The SMILES string of the molecule is c1ccc(-c2ccc(-c3nc(-c4ccccc4)nc(-c4ccc(-c5ccc(-c6ccc7c(c6)sc6nc8ccccc8nc67)cc5)cc4)n3)cc2)cc1.c1ccc(-c2ccc(-c3nc(-c4ccccc4)nc(-c4ccc(-c5ccc(-c6ccc7nc8sc9ccccc9c8nc7c6)cc5)cc4)n3)cc2)cc1. The molecule has 0 aliphatic rings. The molecule has 0 bridgehead atoms. The molecule has 0 N–H and O–H groups in total. The number of thiophene rings is 2. The van der Waals surface area contributed by atoms with Crippen LogP contribution in [0.2, 0.25) is 0 Å². The van der Waals surface area contributed by atoms with Crippen molar-refractivity contribution in [3.63, 3.8) is 0 Å². The summed E-state index contributed by atoms with van der Waals surface area (Å²) < 4.78 is 2.40. The molecule has 0 amide bonds. The minimum atomic E-state index is 0.634. The molecule has 0 unspecified atom stereocenters. The lowest BCUT2D eigenvalue weighted by atomic mass is 9.99. The first-order valence-corrected chi connectivity index (χ1v) is 36.6. The van der Waals surface area contributed by atoms with Gasteiger partial charge in [0.25, 0.3) is 0 Å². The zero-order valence-corrected chi connectivity index (χ0v) is 58.4. The minimum absolute atomic E-state index is 0.634. The van der Waals surface area contributed by atoms with E-state index in [1.165, 1.54) is 31.7 Å². The highest BCUT2D eigenvalue weighted by Gasteiger charge is 2.18. The zero-order chi connectivity index (χ0) is 70.3. The maximum absolute atomic E-state index is 5.04. The standard InChI is InChI=1S/2C47H29N5S/c1-3-9-30(10-4-1)31-19-23-36(24-20-31)45-50-44(35-11-5-2-6-12-35)51-46(52-45)37-25-21-33(22-26-37)32-15-17-34(18-16-32)38-27-28-39-42(29-38)53-47-43(39)48-40-13-7-8-14-41(40)49-47;1-3-9-30(10-4-1)31-19-23-36(24-20-31)45-50-44(35-11-5-2-6-12-35)51-46(52-45)37-25-21-33(22-26-37)32-15-17-34(18-16-32)38-27-28-40-41(29-38)48-43-39-13-7-8-14-42(39)53-47(43)49-40/h2*1-29H. The molecule has 0 fully saturated rings. The number of fused-ring (bicyclic) bond motifs is 8. The maximum Gasteiger partial charge on any atom is 0.164 e. The van der Waals surface area contributed by atoms with E-state index >= 15 is 0 Å². The number of hydrogen-bond acceptors (Lipinski definition) is 12. The second-order valence-electron chi connectivity index (χ2n) is 25.9. The molecule has 0 saturated heterocycles. The molecular formula is C94H58N10S2. The van der Waals surface area contributed by atoms with E-state index in [1.807, 2.05) is 97.1 Å². The number of hydrogen-bond donors (Lipinski definition) is 0. The zero-order valence-electron chi connectivity index (χ0n) is 56.8. The molecule has 106 heavy (non-hydrogen) atoms. The van der Waals surface area contributed by atoms with Gasteiger partial charge in [-0.25, -0.2) is 49.8 Å². The Balaban J connectivity index is 0.000000145. The molecule has 0 spiro atoms. The summed E-state index contributed by atoms with van der Waals surface area (Å²) in [4.78, 5) is 51.3. The van der Waals surface area contributed by atoms with Crippen LogP contribution in [0.5, 0.6) is 0 Å². The fourth-order valence-corrected chi connectivity index (χ4v) is 15.6. The van der Waals surface area contributed by atoms with Gasteiger partial charge in [-0.1, -0.05) is 315 Å². The van der Waals surface area contributed by atoms with Gasteiger partial charge in [-0.15, -0.1) is 22.7 Å². The van der Waals surface area contributed by atoms with Gasteiger partial charge in [0.2, 0.25) is 0 Å². The molecule has 0 atom stereocenters. The topological polar surface area (TPSA) is 129 Å². The van der Waals surface area contributed by atoms with Gasteiger partial charge < -0.3 is 0 Å². The van der Waals surface area contributed by atoms with E-state index in [9.17, 15) is 0 Å². The van der Waals surface area contributed by atoms with Gasteiger partial charge in [-0.05, 0) is 103 Å². The Bertz CT molecular complexity index is 6620. The van der Waals surface area contributed by atoms with Crippen LogP contribution >= 0.6 is 22.7 Å². The number of nitrogens with zero attached hydrogens (tertiary/aromatic N) is 10. The van der Waals surface area contributed by atoms with E-state index in [0.29, 0.717) is 34.9 Å². The summed E-state index contributed by atoms with van der Waals surface area (Å²) in [6.45, 7) is 0. The molecule has 0 aliphatic carbocycles. The predicted octanol–water partition coefficient (Wildman–Crippen LogP) is 24.4. The molecule has 12 heteroatoms. The van der Waals surface area contributed by atoms with Gasteiger partial charge in [0.15, 0.2) is 34.9 Å². The van der Waals surface area contributed by atoms with E-state index in [0.717, 1.165) is 131 Å². The lowest BCUT2D eigenvalue weighted by Gasteiger charge is -2.10. The summed E-state index contributed by atoms with van der Waals surface area (Å²) in [5.41, 5.74) is 25.0. The third-order valence-corrected chi connectivity index (χ3v) is 21.3. The molecule has 0 aliphatic heterocycles. The van der Waals surface area contributed by atoms with E-state index in [-0.39, 0.29) is 0 Å². The van der Waals surface area contributed by atoms with Crippen LogP contribution in [0, 0.1) is 0 Å². The van der Waals surface area contributed by atoms with Crippen LogP contribution in [0.4, 0.5) is 0 Å². The van der Waals surface area contributed by atoms with E-state index in [4.69, 9.17) is 49.8 Å². The van der Waals surface area contributed by atoms with Crippen LogP contribution in [0.1, 0.15) is 0 Å². The lowest BCUT2D eigenvalue weighted by Crippen LogP contribution is -2.00. The number of para-hydroxylation sites is 2. The molecule has 0 radical (unpaired) electrons. The van der Waals surface area contributed by atoms with Crippen molar-refractivity contribution >= 4 is 85.6 Å². The third-order valence-electron chi connectivity index (χ3n) is 19.2. The smallest absolute Gasteiger partial charge is 0.164 e. The molecule has 496 valence electrons. The Morgan fingerprint density at radius 2 is 0.396 bits per heavy atom. The molecule has 0 saturated carbocycles. The van der Waals surface area contributed by atoms with Crippen molar-refractivity contribution in [2.45, 2.75) is 0 Å². The third kappa shape index (κ3) is 12.7. The molecule has 20 aromatic rings. The Labute approximate surface area is 618 Å². The second kappa shape index (κ2) is 27.5. The Morgan fingerprint density at radius 3 is 0.792 bits per heavy atom. The summed E-state index contributed by atoms with van der Waals surface area (Å²) in [6.07, 6.45) is 0. The van der Waals surface area contributed by atoms with E-state index in [1.54, 1.807) is 22.7 Å². The first-order valence-electron chi connectivity index (χ1n) is 35.0. The number of benzene rings is 14. The van der Waals surface area contributed by atoms with Crippen LogP contribution in [0.15, 0.2) is 352 Å². The Morgan fingerprint density at radius 1 is 0.151 bits per heavy atom. The molecule has 14 aromatic carbocycles. The van der Waals surface area contributed by atoms with Crippen LogP contribution in [0.25, 0.3) is 198 Å². The molecule has 10 nitrogen and oxygen atoms in total. The number of aromatic nitrogens is 10. The van der Waals surface area contributed by atoms with Crippen molar-refractivity contribution in [1.29, 1.82) is 0 Å². The summed E-state index contributed by atoms with van der Waals surface area (Å²) in [5, 5.41) is 2.30. The van der Waals surface area contributed by atoms with Gasteiger partial charge in [0, 0.05) is 53.6 Å². The molecule has 20 rings (SSSR count). The number of rotatable bonds is 12. The molecule has 6 heterocycles. The van der Waals surface area contributed by atoms with Crippen molar-refractivity contribution < 1.29 is 0 Å². The van der Waals surface area contributed by atoms with Crippen molar-refractivity contribution in [2.24, 2.45) is 0 Å². The summed E-state index contributed by atoms with van der Waals surface area (Å²) in [6, 6.07) is 121. The summed E-state index contributed by atoms with van der Waals surface area (Å²) >= 11 is 3.39. The fraction of sp³-hybridized carbons (Fsp3) is 0. The van der Waals surface area contributed by atoms with Gasteiger partial charge in [0.1, 0.15) is 20.7 Å². The minimum Gasteiger partial charge on any atom is -0.243 e. The summed E-state index contributed by atoms with van der Waals surface area (Å²) in [5.74, 6) is 3.84. The normalized spacial score (nSPS) is 11.4. The van der Waals surface area contributed by atoms with Crippen molar-refractivity contribution in [3.05, 3.63) is 352 Å². The fourth-order valence-electron chi connectivity index (χ4n) is 13.6. The quantitative estimate of drug-likeness (QED) is 0.117. The van der Waals surface area contributed by atoms with Gasteiger partial charge >= 0.3 is 0 Å². The van der Waals surface area contributed by atoms with Gasteiger partial charge in [0.05, 0.1) is 22.1 Å². The van der Waals surface area contributed by atoms with Crippen LogP contribution < -0.4 is 0 Å². The van der Waals surface area contributed by atoms with Gasteiger partial charge in [-0.3, -0.25) is 0 Å². The van der Waals surface area contributed by atoms with Crippen molar-refractivity contribution in [1.82, 2.24) is 49.8 Å². The van der Waals surface area contributed by atoms with Crippen molar-refractivity contribution in [2.75, 3.05) is 0 Å². The highest BCUT2D eigenvalue weighted by atomic mass is 32.1. The highest BCUT2D eigenvalue weighted by Crippen LogP contribution is 2.39. The predicted molar refractivity (Wildman–Crippen MR) is 437 cm³/mol. The average Bonchev–Trinajstić information content (AvgIpc) is 1.58. The van der Waals surface area contributed by atoms with Gasteiger partial charge in [-0.2, -0.15) is 0 Å². The first-order chi connectivity index (χ1) is 52.4. The monoisotopic (exact) mass is 1390 g/mol. The van der Waals surface area contributed by atoms with Crippen molar-refractivity contribution in [3.8, 4) is 135 Å². The van der Waals surface area contributed by atoms with E-state index in [2.05, 4.69) is 255 Å². The van der Waals surface area contributed by atoms with Crippen LogP contribution in [0.3, 0.4) is 0 Å². The largest absolute Gasteiger partial charge is 0.243 e. The molecule has 6 aromatic heterocycles.